The molecule has 210 valence electrons. The zero-order valence-electron chi connectivity index (χ0n) is 22.2. The fourth-order valence-electron chi connectivity index (χ4n) is 4.46. The van der Waals surface area contributed by atoms with Crippen molar-refractivity contribution in [3.8, 4) is 23.1 Å². The van der Waals surface area contributed by atoms with Crippen LogP contribution in [0.5, 0.6) is 11.5 Å². The molecule has 0 aliphatic carbocycles. The molecule has 2 aromatic heterocycles. The number of hydrogen-bond donors (Lipinski definition) is 0. The summed E-state index contributed by atoms with van der Waals surface area (Å²) in [5.41, 5.74) is 2.63. The average Bonchev–Trinajstić information content (AvgIpc) is 3.41. The smallest absolute Gasteiger partial charge is 0.282 e. The third-order valence-electron chi connectivity index (χ3n) is 6.44. The van der Waals surface area contributed by atoms with Crippen LogP contribution >= 0.6 is 47.8 Å². The molecule has 0 atom stereocenters. The van der Waals surface area contributed by atoms with Crippen LogP contribution in [0.15, 0.2) is 113 Å². The van der Waals surface area contributed by atoms with Gasteiger partial charge in [-0.25, -0.2) is 4.98 Å². The molecule has 0 amide bonds. The number of nitrogens with zero attached hydrogens (tertiary/aromatic N) is 3. The number of fused-ring (bicyclic) bond motifs is 2. The van der Waals surface area contributed by atoms with Gasteiger partial charge in [0.25, 0.3) is 5.56 Å². The molecule has 0 N–H and O–H groups in total. The number of hydrogen-bond acceptors (Lipinski definition) is 6. The first-order valence-electron chi connectivity index (χ1n) is 13.0. The quantitative estimate of drug-likeness (QED) is 0.145. The minimum absolute atomic E-state index is 0.301. The Kier molecular flexibility index (Phi) is 8.28. The van der Waals surface area contributed by atoms with E-state index < -0.39 is 0 Å². The lowest BCUT2D eigenvalue weighted by molar-refractivity contribution is 0.267. The molecule has 4 aromatic carbocycles. The molecule has 0 saturated carbocycles. The summed E-state index contributed by atoms with van der Waals surface area (Å²) in [5, 5.41) is 5.94. The Balaban J connectivity index is 1.39. The van der Waals surface area contributed by atoms with Crippen LogP contribution in [0.1, 0.15) is 18.1 Å². The molecule has 6 aromatic rings. The van der Waals surface area contributed by atoms with E-state index >= 15 is 0 Å². The van der Waals surface area contributed by atoms with Crippen molar-refractivity contribution in [1.29, 1.82) is 0 Å². The molecule has 0 aliphatic rings. The Morgan fingerprint density at radius 3 is 2.55 bits per heavy atom. The van der Waals surface area contributed by atoms with Crippen LogP contribution in [0.2, 0.25) is 0 Å². The van der Waals surface area contributed by atoms with Crippen molar-refractivity contribution in [2.75, 3.05) is 6.61 Å². The van der Waals surface area contributed by atoms with Gasteiger partial charge in [-0.1, -0.05) is 68.3 Å². The monoisotopic (exact) mass is 749 g/mol. The maximum atomic E-state index is 13.6. The molecule has 6 rings (SSSR count). The second kappa shape index (κ2) is 12.2. The molecule has 0 unspecified atom stereocenters. The number of benzene rings is 4. The highest BCUT2D eigenvalue weighted by molar-refractivity contribution is 9.11. The fraction of sp³-hybridized carbons (Fsp3) is 0.0938. The molecule has 0 saturated heterocycles. The molecular weight excluding hydrogens is 730 g/mol. The van der Waals surface area contributed by atoms with Crippen LogP contribution in [0.3, 0.4) is 0 Å². The predicted molar refractivity (Wildman–Crippen MR) is 176 cm³/mol. The van der Waals surface area contributed by atoms with E-state index in [4.69, 9.17) is 18.9 Å². The lowest BCUT2D eigenvalue weighted by Gasteiger charge is -2.15. The number of halogens is 3. The van der Waals surface area contributed by atoms with Crippen molar-refractivity contribution in [3.05, 3.63) is 120 Å². The van der Waals surface area contributed by atoms with Crippen molar-refractivity contribution in [1.82, 2.24) is 9.66 Å². The summed E-state index contributed by atoms with van der Waals surface area (Å²) in [6.45, 7) is 2.68. The average molecular weight is 752 g/mol. The Morgan fingerprint density at radius 1 is 0.929 bits per heavy atom. The fourth-order valence-corrected chi connectivity index (χ4v) is 6.20. The van der Waals surface area contributed by atoms with E-state index in [0.29, 0.717) is 62.8 Å². The van der Waals surface area contributed by atoms with E-state index in [1.54, 1.807) is 24.4 Å². The summed E-state index contributed by atoms with van der Waals surface area (Å²) in [6.07, 6.45) is 1.59. The Hall–Kier alpha value is -3.73. The van der Waals surface area contributed by atoms with Crippen molar-refractivity contribution < 1.29 is 13.9 Å². The highest BCUT2D eigenvalue weighted by Gasteiger charge is 2.17. The van der Waals surface area contributed by atoms with Crippen LogP contribution in [-0.2, 0) is 6.61 Å². The maximum absolute atomic E-state index is 13.6. The van der Waals surface area contributed by atoms with Gasteiger partial charge in [-0.05, 0) is 76.9 Å². The zero-order chi connectivity index (χ0) is 29.2. The number of para-hydroxylation sites is 2. The standard InChI is InChI=1S/C32H22Br3N3O4/c1-2-40-28-14-19(13-25(35)30(28)41-18-21-11-12-22(33)16-24(21)34)17-36-38-31(29-15-20-7-3-6-10-27(20)42-29)37-26-9-5-4-8-23(26)32(38)39/h3-17H,2,18H2,1H3. The second-order valence-electron chi connectivity index (χ2n) is 9.25. The van der Waals surface area contributed by atoms with E-state index in [2.05, 4.69) is 52.9 Å². The van der Waals surface area contributed by atoms with Gasteiger partial charge in [-0.15, -0.1) is 0 Å². The van der Waals surface area contributed by atoms with E-state index in [1.807, 2.05) is 73.7 Å². The SMILES string of the molecule is CCOc1cc(C=Nn2c(-c3cc4ccccc4o3)nc3ccccc3c2=O)cc(Br)c1OCc1ccc(Br)cc1Br. The summed E-state index contributed by atoms with van der Waals surface area (Å²) in [5.74, 6) is 1.85. The number of furan rings is 1. The highest BCUT2D eigenvalue weighted by Crippen LogP contribution is 2.38. The van der Waals surface area contributed by atoms with Crippen molar-refractivity contribution >= 4 is 75.9 Å². The molecule has 0 bridgehead atoms. The van der Waals surface area contributed by atoms with Crippen LogP contribution < -0.4 is 15.0 Å². The first-order valence-corrected chi connectivity index (χ1v) is 15.4. The largest absolute Gasteiger partial charge is 0.490 e. The molecular formula is C32H22Br3N3O4. The highest BCUT2D eigenvalue weighted by atomic mass is 79.9. The molecule has 0 aliphatic heterocycles. The predicted octanol–water partition coefficient (Wildman–Crippen LogP) is 8.96. The number of rotatable bonds is 8. The maximum Gasteiger partial charge on any atom is 0.282 e. The molecule has 0 fully saturated rings. The lowest BCUT2D eigenvalue weighted by Crippen LogP contribution is -2.20. The summed E-state index contributed by atoms with van der Waals surface area (Å²) < 4.78 is 22.0. The first-order chi connectivity index (χ1) is 20.4. The van der Waals surface area contributed by atoms with Crippen molar-refractivity contribution in [2.24, 2.45) is 5.10 Å². The minimum atomic E-state index is -0.309. The third kappa shape index (κ3) is 5.79. The first kappa shape index (κ1) is 28.4. The lowest BCUT2D eigenvalue weighted by atomic mass is 10.2. The van der Waals surface area contributed by atoms with Crippen LogP contribution in [0.4, 0.5) is 0 Å². The summed E-state index contributed by atoms with van der Waals surface area (Å²) in [6, 6.07) is 26.3. The van der Waals surface area contributed by atoms with Gasteiger partial charge in [0.2, 0.25) is 5.82 Å². The van der Waals surface area contributed by atoms with Gasteiger partial charge in [-0.2, -0.15) is 9.78 Å². The summed E-state index contributed by atoms with van der Waals surface area (Å²) >= 11 is 10.7. The van der Waals surface area contributed by atoms with Crippen LogP contribution in [0.25, 0.3) is 33.5 Å². The van der Waals surface area contributed by atoms with Gasteiger partial charge in [0, 0.05) is 19.9 Å². The molecule has 42 heavy (non-hydrogen) atoms. The summed E-state index contributed by atoms with van der Waals surface area (Å²) in [7, 11) is 0. The van der Waals surface area contributed by atoms with Gasteiger partial charge in [0.05, 0.1) is 28.2 Å². The normalized spacial score (nSPS) is 11.5. The van der Waals surface area contributed by atoms with Gasteiger partial charge in [-0.3, -0.25) is 4.79 Å². The van der Waals surface area contributed by atoms with Crippen LogP contribution in [0, 0.1) is 0 Å². The van der Waals surface area contributed by atoms with E-state index in [-0.39, 0.29) is 5.56 Å². The molecule has 2 heterocycles. The van der Waals surface area contributed by atoms with E-state index in [1.165, 1.54) is 4.68 Å². The van der Waals surface area contributed by atoms with Crippen molar-refractivity contribution in [3.63, 3.8) is 0 Å². The van der Waals surface area contributed by atoms with Gasteiger partial charge in [0.1, 0.15) is 12.2 Å². The number of ether oxygens (including phenoxy) is 2. The minimum Gasteiger partial charge on any atom is -0.490 e. The Morgan fingerprint density at radius 2 is 1.74 bits per heavy atom. The Bertz CT molecular complexity index is 2000. The molecule has 0 radical (unpaired) electrons. The van der Waals surface area contributed by atoms with E-state index in [9.17, 15) is 4.79 Å². The van der Waals surface area contributed by atoms with Gasteiger partial charge in [0.15, 0.2) is 17.3 Å². The molecule has 10 heteroatoms. The molecule has 7 nitrogen and oxygen atoms in total. The molecule has 0 spiro atoms. The Labute approximate surface area is 266 Å². The van der Waals surface area contributed by atoms with Gasteiger partial charge < -0.3 is 13.9 Å². The second-order valence-corrected chi connectivity index (χ2v) is 11.9. The topological polar surface area (TPSA) is 78.9 Å². The van der Waals surface area contributed by atoms with Crippen molar-refractivity contribution in [2.45, 2.75) is 13.5 Å². The summed E-state index contributed by atoms with van der Waals surface area (Å²) in [4.78, 5) is 18.4. The zero-order valence-corrected chi connectivity index (χ0v) is 26.9. The number of aromatic nitrogens is 2. The van der Waals surface area contributed by atoms with E-state index in [0.717, 1.165) is 19.9 Å². The van der Waals surface area contributed by atoms with Crippen LogP contribution in [-0.4, -0.2) is 22.5 Å². The van der Waals surface area contributed by atoms with Gasteiger partial charge >= 0.3 is 0 Å². The third-order valence-corrected chi connectivity index (χ3v) is 8.26.